The zero-order chi connectivity index (χ0) is 17.1. The summed E-state index contributed by atoms with van der Waals surface area (Å²) >= 11 is 0. The highest BCUT2D eigenvalue weighted by Crippen LogP contribution is 2.26. The molecule has 0 aliphatic carbocycles. The summed E-state index contributed by atoms with van der Waals surface area (Å²) in [6, 6.07) is 0.711. The molecule has 0 aromatic heterocycles. The van der Waals surface area contributed by atoms with Gasteiger partial charge >= 0.3 is 6.03 Å². The summed E-state index contributed by atoms with van der Waals surface area (Å²) in [5, 5.41) is 0. The van der Waals surface area contributed by atoms with Gasteiger partial charge in [0.05, 0.1) is 0 Å². The molecule has 3 rings (SSSR count). The maximum Gasteiger partial charge on any atom is 0.319 e. The molecule has 0 bridgehead atoms. The van der Waals surface area contributed by atoms with Crippen LogP contribution >= 0.6 is 0 Å². The fraction of sp³-hybridized carbons (Fsp3) is 0.889. The molecule has 3 aliphatic heterocycles. The summed E-state index contributed by atoms with van der Waals surface area (Å²) in [6.45, 7) is 5.73. The highest BCUT2D eigenvalue weighted by molar-refractivity contribution is 5.79. The minimum atomic E-state index is 0.128. The first kappa shape index (κ1) is 17.5. The SMILES string of the molecule is CN(C)C(=O)N1CCC(N2CCC(C(=O)N3CCCC3)CC2)CC1. The number of likely N-dealkylation sites (tertiary alicyclic amines) is 3. The van der Waals surface area contributed by atoms with E-state index >= 15 is 0 Å². The standard InChI is InChI=1S/C18H32N4O2/c1-19(2)18(24)22-13-7-16(8-14-22)20-11-5-15(6-12-20)17(23)21-9-3-4-10-21/h15-16H,3-14H2,1-2H3. The molecule has 6 nitrogen and oxygen atoms in total. The van der Waals surface area contributed by atoms with Crippen molar-refractivity contribution < 1.29 is 9.59 Å². The molecule has 0 radical (unpaired) electrons. The van der Waals surface area contributed by atoms with Crippen molar-refractivity contribution in [3.63, 3.8) is 0 Å². The molecule has 3 saturated heterocycles. The van der Waals surface area contributed by atoms with E-state index in [1.807, 2.05) is 19.0 Å². The molecular weight excluding hydrogens is 304 g/mol. The van der Waals surface area contributed by atoms with Gasteiger partial charge in [-0.3, -0.25) is 4.79 Å². The van der Waals surface area contributed by atoms with E-state index in [0.29, 0.717) is 11.9 Å². The van der Waals surface area contributed by atoms with Crippen LogP contribution in [0.4, 0.5) is 4.79 Å². The fourth-order valence-electron chi connectivity index (χ4n) is 4.41. The van der Waals surface area contributed by atoms with Crippen LogP contribution in [0.1, 0.15) is 38.5 Å². The predicted octanol–water partition coefficient (Wildman–Crippen LogP) is 1.47. The Balaban J connectivity index is 1.42. The molecule has 0 unspecified atom stereocenters. The van der Waals surface area contributed by atoms with Gasteiger partial charge in [0.2, 0.25) is 5.91 Å². The molecule has 0 spiro atoms. The van der Waals surface area contributed by atoms with Gasteiger partial charge in [-0.05, 0) is 51.6 Å². The number of rotatable bonds is 2. The van der Waals surface area contributed by atoms with E-state index in [1.54, 1.807) is 4.90 Å². The molecule has 0 aromatic carbocycles. The molecule has 0 saturated carbocycles. The number of urea groups is 1. The lowest BCUT2D eigenvalue weighted by molar-refractivity contribution is -0.136. The van der Waals surface area contributed by atoms with Gasteiger partial charge in [-0.15, -0.1) is 0 Å². The molecule has 6 heteroatoms. The number of amides is 3. The number of nitrogens with zero attached hydrogens (tertiary/aromatic N) is 4. The summed E-state index contributed by atoms with van der Waals surface area (Å²) in [6.07, 6.45) is 6.48. The molecule has 3 heterocycles. The fourth-order valence-corrected chi connectivity index (χ4v) is 4.41. The Bertz CT molecular complexity index is 446. The van der Waals surface area contributed by atoms with E-state index < -0.39 is 0 Å². The van der Waals surface area contributed by atoms with Crippen LogP contribution in [0.15, 0.2) is 0 Å². The second-order valence-corrected chi connectivity index (χ2v) is 7.74. The minimum Gasteiger partial charge on any atom is -0.342 e. The number of carbonyl (C=O) groups excluding carboxylic acids is 2. The Morgan fingerprint density at radius 3 is 1.92 bits per heavy atom. The Morgan fingerprint density at radius 2 is 1.38 bits per heavy atom. The second kappa shape index (κ2) is 7.72. The van der Waals surface area contributed by atoms with Gasteiger partial charge in [-0.2, -0.15) is 0 Å². The molecule has 24 heavy (non-hydrogen) atoms. The number of carbonyl (C=O) groups is 2. The van der Waals surface area contributed by atoms with E-state index in [1.165, 1.54) is 12.8 Å². The van der Waals surface area contributed by atoms with Crippen LogP contribution in [0.3, 0.4) is 0 Å². The quantitative estimate of drug-likeness (QED) is 0.767. The zero-order valence-corrected chi connectivity index (χ0v) is 15.2. The van der Waals surface area contributed by atoms with Crippen LogP contribution in [0.25, 0.3) is 0 Å². The third kappa shape index (κ3) is 3.85. The molecule has 3 fully saturated rings. The average Bonchev–Trinajstić information content (AvgIpc) is 3.15. The van der Waals surface area contributed by atoms with Crippen molar-refractivity contribution in [2.45, 2.75) is 44.6 Å². The molecule has 0 atom stereocenters. The number of piperidine rings is 2. The van der Waals surface area contributed by atoms with E-state index in [0.717, 1.165) is 65.0 Å². The molecule has 3 amide bonds. The van der Waals surface area contributed by atoms with Gasteiger partial charge in [0.15, 0.2) is 0 Å². The van der Waals surface area contributed by atoms with Crippen LogP contribution in [0, 0.1) is 5.92 Å². The van der Waals surface area contributed by atoms with Gasteiger partial charge in [-0.25, -0.2) is 4.79 Å². The molecule has 0 aromatic rings. The lowest BCUT2D eigenvalue weighted by Gasteiger charge is -2.42. The summed E-state index contributed by atoms with van der Waals surface area (Å²) in [5.74, 6) is 0.647. The first-order chi connectivity index (χ1) is 11.6. The van der Waals surface area contributed by atoms with Crippen molar-refractivity contribution in [2.75, 3.05) is 53.4 Å². The summed E-state index contributed by atoms with van der Waals surface area (Å²) in [5.41, 5.74) is 0. The van der Waals surface area contributed by atoms with E-state index in [2.05, 4.69) is 9.80 Å². The highest BCUT2D eigenvalue weighted by atomic mass is 16.2. The normalized spacial score (nSPS) is 24.4. The third-order valence-electron chi connectivity index (χ3n) is 5.93. The van der Waals surface area contributed by atoms with Gasteiger partial charge in [0.1, 0.15) is 0 Å². The maximum atomic E-state index is 12.5. The van der Waals surface area contributed by atoms with Crippen molar-refractivity contribution in [1.29, 1.82) is 0 Å². The Labute approximate surface area is 145 Å². The number of hydrogen-bond acceptors (Lipinski definition) is 3. The molecular formula is C18H32N4O2. The third-order valence-corrected chi connectivity index (χ3v) is 5.93. The van der Waals surface area contributed by atoms with Gasteiger partial charge in [-0.1, -0.05) is 0 Å². The second-order valence-electron chi connectivity index (χ2n) is 7.74. The monoisotopic (exact) mass is 336 g/mol. The Morgan fingerprint density at radius 1 is 0.792 bits per heavy atom. The van der Waals surface area contributed by atoms with Gasteiger partial charge < -0.3 is 19.6 Å². The molecule has 136 valence electrons. The van der Waals surface area contributed by atoms with Crippen molar-refractivity contribution in [2.24, 2.45) is 5.92 Å². The van der Waals surface area contributed by atoms with Gasteiger partial charge in [0, 0.05) is 52.2 Å². The topological polar surface area (TPSA) is 47.1 Å². The highest BCUT2D eigenvalue weighted by Gasteiger charge is 2.33. The summed E-state index contributed by atoms with van der Waals surface area (Å²) in [7, 11) is 3.63. The minimum absolute atomic E-state index is 0.128. The average molecular weight is 336 g/mol. The van der Waals surface area contributed by atoms with Crippen LogP contribution in [-0.2, 0) is 4.79 Å². The Kier molecular flexibility index (Phi) is 5.64. The summed E-state index contributed by atoms with van der Waals surface area (Å²) < 4.78 is 0. The van der Waals surface area contributed by atoms with E-state index in [4.69, 9.17) is 0 Å². The molecule has 3 aliphatic rings. The maximum absolute atomic E-state index is 12.5. The smallest absolute Gasteiger partial charge is 0.319 e. The largest absolute Gasteiger partial charge is 0.342 e. The lowest BCUT2D eigenvalue weighted by Crippen LogP contribution is -2.51. The van der Waals surface area contributed by atoms with E-state index in [-0.39, 0.29) is 11.9 Å². The van der Waals surface area contributed by atoms with Crippen molar-refractivity contribution in [3.05, 3.63) is 0 Å². The van der Waals surface area contributed by atoms with Crippen LogP contribution < -0.4 is 0 Å². The van der Waals surface area contributed by atoms with Gasteiger partial charge in [0.25, 0.3) is 0 Å². The van der Waals surface area contributed by atoms with Crippen molar-refractivity contribution >= 4 is 11.9 Å². The summed E-state index contributed by atoms with van der Waals surface area (Å²) in [4.78, 5) is 32.8. The molecule has 0 N–H and O–H groups in total. The van der Waals surface area contributed by atoms with Crippen LogP contribution in [0.2, 0.25) is 0 Å². The van der Waals surface area contributed by atoms with E-state index in [9.17, 15) is 9.59 Å². The Hall–Kier alpha value is -1.30. The van der Waals surface area contributed by atoms with Crippen molar-refractivity contribution in [3.8, 4) is 0 Å². The first-order valence-corrected chi connectivity index (χ1v) is 9.55. The lowest BCUT2D eigenvalue weighted by atomic mass is 9.92. The predicted molar refractivity (Wildman–Crippen MR) is 93.8 cm³/mol. The number of hydrogen-bond donors (Lipinski definition) is 0. The van der Waals surface area contributed by atoms with Crippen molar-refractivity contribution in [1.82, 2.24) is 19.6 Å². The van der Waals surface area contributed by atoms with Crippen LogP contribution in [0.5, 0.6) is 0 Å². The van der Waals surface area contributed by atoms with Crippen LogP contribution in [-0.4, -0.2) is 90.9 Å². The zero-order valence-electron chi connectivity index (χ0n) is 15.2. The first-order valence-electron chi connectivity index (χ1n) is 9.55.